The molecular formula is C80H158F2. The van der Waals surface area contributed by atoms with Crippen molar-refractivity contribution >= 4 is 0 Å². The molecule has 492 valence electrons. The van der Waals surface area contributed by atoms with Crippen molar-refractivity contribution in [2.75, 3.05) is 0 Å². The van der Waals surface area contributed by atoms with Gasteiger partial charge in [-0.05, 0) is 248 Å². The predicted molar refractivity (Wildman–Crippen MR) is 369 cm³/mol. The van der Waals surface area contributed by atoms with Crippen LogP contribution in [0.3, 0.4) is 0 Å². The monoisotopic (exact) mass is 1160 g/mol. The highest BCUT2D eigenvalue weighted by molar-refractivity contribution is 5.02. The molecule has 0 nitrogen and oxygen atoms in total. The lowest BCUT2D eigenvalue weighted by molar-refractivity contribution is 0.204. The Labute approximate surface area is 519 Å². The summed E-state index contributed by atoms with van der Waals surface area (Å²) in [7, 11) is 0. The summed E-state index contributed by atoms with van der Waals surface area (Å²) in [6.45, 7) is 77.8. The standard InChI is InChI=1S/C10H20.C9H17F.5C9H18.C8H15F.C8H16/c1-9(2,3)6-8-7-10(8,4)5;1-8(2,3)5-7-6-9(7,4)10;1-7-5-8(7)6-9(2,3)4;2*1-8(2,3)7-9(4)5-6-9;1-7(8-5-6-8)9(2,3)4;1-9(2,3)7-6-8-4-5-8;1-7(2,3)6-8(9)4-5-8;1-8(2,3)6-7-4-5-7/h8H,6-7H2,1-5H3;7H,5-6H2,1-4H3;7-8H,5-6H2,1-4H3;2*5-7H2,1-4H3;7-8H,5-6H2,1-4H3;8H,4-7H2,1-3H3;4-6H2,1-3H3;7H,4-6H2,1-3H3. The normalized spacial score (nSPS) is 27.2. The number of hydrogen-bond donors (Lipinski definition) is 0. The van der Waals surface area contributed by atoms with Crippen LogP contribution in [0.25, 0.3) is 0 Å². The molecule has 0 amide bonds. The Bertz CT molecular complexity index is 1630. The first-order valence-corrected chi connectivity index (χ1v) is 35.4. The third kappa shape index (κ3) is 47.9. The Hall–Kier alpha value is -0.140. The molecule has 2 heteroatoms. The predicted octanol–water partition coefficient (Wildman–Crippen LogP) is 28.2. The van der Waals surface area contributed by atoms with Gasteiger partial charge in [-0.2, -0.15) is 0 Å². The Balaban J connectivity index is 0.000000462. The third-order valence-electron chi connectivity index (χ3n) is 19.0. The van der Waals surface area contributed by atoms with E-state index in [0.29, 0.717) is 54.7 Å². The van der Waals surface area contributed by atoms with E-state index >= 15 is 0 Å². The fraction of sp³-hybridized carbons (Fsp3) is 1.00. The van der Waals surface area contributed by atoms with Gasteiger partial charge in [0, 0.05) is 0 Å². The molecule has 9 saturated carbocycles. The van der Waals surface area contributed by atoms with Gasteiger partial charge in [0.15, 0.2) is 0 Å². The first-order chi connectivity index (χ1) is 36.0. The lowest BCUT2D eigenvalue weighted by Crippen LogP contribution is -2.18. The highest BCUT2D eigenvalue weighted by Crippen LogP contribution is 2.57. The molecule has 0 heterocycles. The van der Waals surface area contributed by atoms with Gasteiger partial charge in [-0.25, -0.2) is 8.78 Å². The summed E-state index contributed by atoms with van der Waals surface area (Å²) in [5.41, 5.74) is 4.92. The minimum atomic E-state index is -0.826. The third-order valence-corrected chi connectivity index (χ3v) is 19.0. The SMILES string of the molecule is CC(C)(C)CC1(C)CC1.CC(C)(C)CC1(C)CC1.CC(C)(C)CC1(F)CC1.CC(C)(C)CC1CC1.CC(C)(C)CC1CC1(C)C.CC(C)(C)CC1CC1(C)F.CC(C)(C)CCC1CC1.CC(C1CC1)C(C)(C)C.CC1CC1CC(C)(C)C. The molecule has 9 aliphatic rings. The molecule has 0 aromatic carbocycles. The highest BCUT2D eigenvalue weighted by atomic mass is 19.1. The first kappa shape index (κ1) is 79.9. The summed E-state index contributed by atoms with van der Waals surface area (Å²) >= 11 is 0. The molecule has 6 unspecified atom stereocenters. The van der Waals surface area contributed by atoms with Crippen molar-refractivity contribution < 1.29 is 8.78 Å². The lowest BCUT2D eigenvalue weighted by atomic mass is 9.79. The molecular weight excluding hydrogens is 999 g/mol. The molecule has 6 atom stereocenters. The summed E-state index contributed by atoms with van der Waals surface area (Å²) in [4.78, 5) is 0. The largest absolute Gasteiger partial charge is 0.244 e. The van der Waals surface area contributed by atoms with E-state index in [1.165, 1.54) is 122 Å². The van der Waals surface area contributed by atoms with Gasteiger partial charge in [-0.3, -0.25) is 0 Å². The van der Waals surface area contributed by atoms with Gasteiger partial charge >= 0.3 is 0 Å². The van der Waals surface area contributed by atoms with E-state index in [-0.39, 0.29) is 5.41 Å². The Morgan fingerprint density at radius 1 is 0.402 bits per heavy atom. The van der Waals surface area contributed by atoms with Crippen molar-refractivity contribution in [3.8, 4) is 0 Å². The maximum atomic E-state index is 13.0. The minimum Gasteiger partial charge on any atom is -0.244 e. The molecule has 0 aromatic heterocycles. The van der Waals surface area contributed by atoms with E-state index in [4.69, 9.17) is 0 Å². The first-order valence-electron chi connectivity index (χ1n) is 35.4. The molecule has 0 radical (unpaired) electrons. The molecule has 0 N–H and O–H groups in total. The van der Waals surface area contributed by atoms with E-state index in [9.17, 15) is 8.78 Å². The molecule has 0 saturated heterocycles. The zero-order valence-electron chi connectivity index (χ0n) is 63.3. The zero-order valence-corrected chi connectivity index (χ0v) is 63.3. The van der Waals surface area contributed by atoms with Crippen LogP contribution in [0.5, 0.6) is 0 Å². The van der Waals surface area contributed by atoms with Crippen LogP contribution in [-0.4, -0.2) is 11.3 Å². The molecule has 0 bridgehead atoms. The molecule has 0 spiro atoms. The van der Waals surface area contributed by atoms with Crippen molar-refractivity contribution in [1.82, 2.24) is 0 Å². The van der Waals surface area contributed by atoms with Crippen LogP contribution < -0.4 is 0 Å². The van der Waals surface area contributed by atoms with Gasteiger partial charge in [0.25, 0.3) is 0 Å². The van der Waals surface area contributed by atoms with Crippen LogP contribution in [0.15, 0.2) is 0 Å². The van der Waals surface area contributed by atoms with Crippen molar-refractivity contribution in [2.24, 2.45) is 112 Å². The summed E-state index contributed by atoms with van der Waals surface area (Å²) in [6, 6.07) is 0. The van der Waals surface area contributed by atoms with Gasteiger partial charge in [0.1, 0.15) is 11.3 Å². The molecule has 9 aliphatic carbocycles. The number of rotatable bonds is 10. The van der Waals surface area contributed by atoms with E-state index in [0.717, 1.165) is 84.4 Å². The number of halogens is 2. The topological polar surface area (TPSA) is 0 Å². The maximum Gasteiger partial charge on any atom is 0.111 e. The molecule has 0 aromatic rings. The molecule has 9 fully saturated rings. The average molecular weight is 1160 g/mol. The van der Waals surface area contributed by atoms with Crippen LogP contribution in [0.4, 0.5) is 8.78 Å². The van der Waals surface area contributed by atoms with E-state index in [2.05, 4.69) is 228 Å². The Morgan fingerprint density at radius 2 is 0.732 bits per heavy atom. The highest BCUT2D eigenvalue weighted by Gasteiger charge is 2.52. The average Bonchev–Trinajstić information content (AvgIpc) is 3.95. The Morgan fingerprint density at radius 3 is 0.854 bits per heavy atom. The van der Waals surface area contributed by atoms with Crippen molar-refractivity contribution in [2.45, 2.75) is 401 Å². The van der Waals surface area contributed by atoms with Crippen LogP contribution in [-0.2, 0) is 0 Å². The van der Waals surface area contributed by atoms with Gasteiger partial charge < -0.3 is 0 Å². The van der Waals surface area contributed by atoms with Crippen molar-refractivity contribution in [3.63, 3.8) is 0 Å². The van der Waals surface area contributed by atoms with Crippen molar-refractivity contribution in [1.29, 1.82) is 0 Å². The smallest absolute Gasteiger partial charge is 0.111 e. The minimum absolute atomic E-state index is 0.172. The zero-order chi connectivity index (χ0) is 64.6. The Kier molecular flexibility index (Phi) is 28.9. The maximum absolute atomic E-state index is 13.0. The molecule has 0 aliphatic heterocycles. The van der Waals surface area contributed by atoms with E-state index < -0.39 is 11.3 Å². The fourth-order valence-corrected chi connectivity index (χ4v) is 12.7. The molecule has 82 heavy (non-hydrogen) atoms. The second-order valence-electron chi connectivity index (χ2n) is 43.1. The summed E-state index contributed by atoms with van der Waals surface area (Å²) in [5.74, 6) is 7.64. The van der Waals surface area contributed by atoms with E-state index in [1.807, 2.05) is 0 Å². The van der Waals surface area contributed by atoms with Gasteiger partial charge in [-0.1, -0.05) is 254 Å². The van der Waals surface area contributed by atoms with Gasteiger partial charge in [0.2, 0.25) is 0 Å². The summed E-state index contributed by atoms with van der Waals surface area (Å²) in [6.07, 6.45) is 31.9. The quantitative estimate of drug-likeness (QED) is 0.205. The fourth-order valence-electron chi connectivity index (χ4n) is 12.7. The van der Waals surface area contributed by atoms with Crippen LogP contribution in [0.1, 0.15) is 390 Å². The summed E-state index contributed by atoms with van der Waals surface area (Å²) < 4.78 is 26.0. The lowest BCUT2D eigenvalue weighted by Gasteiger charge is -2.26. The van der Waals surface area contributed by atoms with Crippen LogP contribution >= 0.6 is 0 Å². The second kappa shape index (κ2) is 29.7. The van der Waals surface area contributed by atoms with Crippen LogP contribution in [0.2, 0.25) is 0 Å². The van der Waals surface area contributed by atoms with Crippen LogP contribution in [0, 0.1) is 112 Å². The van der Waals surface area contributed by atoms with Gasteiger partial charge in [-0.15, -0.1) is 0 Å². The van der Waals surface area contributed by atoms with Crippen molar-refractivity contribution in [3.05, 3.63) is 0 Å². The number of hydrogen-bond acceptors (Lipinski definition) is 0. The second-order valence-corrected chi connectivity index (χ2v) is 43.1. The summed E-state index contributed by atoms with van der Waals surface area (Å²) in [5, 5.41) is 0. The van der Waals surface area contributed by atoms with E-state index in [1.54, 1.807) is 6.92 Å². The van der Waals surface area contributed by atoms with Gasteiger partial charge in [0.05, 0.1) is 0 Å². The number of alkyl halides is 2. The molecule has 9 rings (SSSR count).